The molecule has 1 atom stereocenters. The van der Waals surface area contributed by atoms with Crippen molar-refractivity contribution in [2.45, 2.75) is 64.5 Å². The van der Waals surface area contributed by atoms with Gasteiger partial charge in [0, 0.05) is 6.04 Å². The van der Waals surface area contributed by atoms with Crippen molar-refractivity contribution in [2.24, 2.45) is 11.3 Å². The summed E-state index contributed by atoms with van der Waals surface area (Å²) in [5.74, 6) is 0.453. The molecule has 0 bridgehead atoms. The van der Waals surface area contributed by atoms with Crippen LogP contribution in [0.5, 0.6) is 0 Å². The Hall–Kier alpha value is -0.570. The van der Waals surface area contributed by atoms with Gasteiger partial charge in [-0.3, -0.25) is 4.79 Å². The third kappa shape index (κ3) is 3.44. The maximum absolute atomic E-state index is 11.7. The van der Waals surface area contributed by atoms with E-state index in [1.54, 1.807) is 0 Å². The van der Waals surface area contributed by atoms with Gasteiger partial charge in [-0.05, 0) is 49.9 Å². The second-order valence-corrected chi connectivity index (χ2v) is 6.44. The van der Waals surface area contributed by atoms with Crippen LogP contribution in [-0.4, -0.2) is 25.2 Å². The summed E-state index contributed by atoms with van der Waals surface area (Å²) < 4.78 is 4.89. The molecule has 2 rings (SSSR count). The van der Waals surface area contributed by atoms with Crippen LogP contribution in [0.1, 0.15) is 52.4 Å². The highest BCUT2D eigenvalue weighted by Crippen LogP contribution is 2.37. The summed E-state index contributed by atoms with van der Waals surface area (Å²) in [6, 6.07) is 0.457. The van der Waals surface area contributed by atoms with E-state index in [1.807, 2.05) is 0 Å². The summed E-state index contributed by atoms with van der Waals surface area (Å²) >= 11 is 0. The van der Waals surface area contributed by atoms with Crippen molar-refractivity contribution >= 4 is 5.97 Å². The third-order valence-corrected chi connectivity index (χ3v) is 4.30. The average molecular weight is 239 g/mol. The fourth-order valence-corrected chi connectivity index (χ4v) is 2.77. The van der Waals surface area contributed by atoms with Gasteiger partial charge in [0.2, 0.25) is 0 Å². The molecular formula is C14H25NO2. The largest absolute Gasteiger partial charge is 0.468 e. The molecule has 0 saturated heterocycles. The smallest absolute Gasteiger partial charge is 0.323 e. The first-order chi connectivity index (χ1) is 8.02. The van der Waals surface area contributed by atoms with E-state index < -0.39 is 0 Å². The Labute approximate surface area is 104 Å². The molecule has 3 nitrogen and oxygen atoms in total. The lowest BCUT2D eigenvalue weighted by Crippen LogP contribution is -2.47. The van der Waals surface area contributed by atoms with Gasteiger partial charge in [-0.15, -0.1) is 0 Å². The third-order valence-electron chi connectivity index (χ3n) is 4.30. The molecule has 0 aromatic carbocycles. The molecule has 0 amide bonds. The normalized spacial score (nSPS) is 26.5. The Morgan fingerprint density at radius 1 is 1.24 bits per heavy atom. The predicted octanol–water partition coefficient (Wildman–Crippen LogP) is 2.50. The summed E-state index contributed by atoms with van der Waals surface area (Å²) in [5, 5.41) is 3.53. The van der Waals surface area contributed by atoms with Crippen molar-refractivity contribution < 1.29 is 9.53 Å². The van der Waals surface area contributed by atoms with Gasteiger partial charge in [0.1, 0.15) is 6.04 Å². The Balaban J connectivity index is 1.84. The van der Waals surface area contributed by atoms with E-state index in [0.717, 1.165) is 0 Å². The van der Waals surface area contributed by atoms with Crippen LogP contribution >= 0.6 is 0 Å². The van der Waals surface area contributed by atoms with Crippen molar-refractivity contribution in [1.82, 2.24) is 5.32 Å². The summed E-state index contributed by atoms with van der Waals surface area (Å²) in [5.41, 5.74) is 0.485. The number of rotatable bonds is 4. The number of ether oxygens (including phenoxy) is 1. The molecular weight excluding hydrogens is 214 g/mol. The van der Waals surface area contributed by atoms with Gasteiger partial charge in [0.05, 0.1) is 7.11 Å². The van der Waals surface area contributed by atoms with Crippen LogP contribution < -0.4 is 5.32 Å². The van der Waals surface area contributed by atoms with Crippen molar-refractivity contribution in [3.05, 3.63) is 0 Å². The summed E-state index contributed by atoms with van der Waals surface area (Å²) in [6.45, 7) is 4.67. The lowest BCUT2D eigenvalue weighted by Gasteiger charge is -2.36. The SMILES string of the molecule is COC(=O)C(NC1CCC(C)(C)CC1)C1CC1. The number of methoxy groups -OCH3 is 1. The Kier molecular flexibility index (Phi) is 3.76. The molecule has 2 aliphatic carbocycles. The zero-order chi connectivity index (χ0) is 12.5. The minimum Gasteiger partial charge on any atom is -0.468 e. The molecule has 2 fully saturated rings. The van der Waals surface area contributed by atoms with E-state index in [4.69, 9.17) is 4.74 Å². The number of hydrogen-bond donors (Lipinski definition) is 1. The quantitative estimate of drug-likeness (QED) is 0.766. The second kappa shape index (κ2) is 4.97. The van der Waals surface area contributed by atoms with Crippen molar-refractivity contribution in [3.63, 3.8) is 0 Å². The number of carbonyl (C=O) groups is 1. The fraction of sp³-hybridized carbons (Fsp3) is 0.929. The standard InChI is InChI=1S/C14H25NO2/c1-14(2)8-6-11(7-9-14)15-12(10-4-5-10)13(16)17-3/h10-12,15H,4-9H2,1-3H3. The molecule has 1 N–H and O–H groups in total. The van der Waals surface area contributed by atoms with Crippen LogP contribution in [-0.2, 0) is 9.53 Å². The molecule has 0 aromatic heterocycles. The maximum Gasteiger partial charge on any atom is 0.323 e. The molecule has 0 spiro atoms. The zero-order valence-electron chi connectivity index (χ0n) is 11.3. The highest BCUT2D eigenvalue weighted by atomic mass is 16.5. The van der Waals surface area contributed by atoms with Gasteiger partial charge in [-0.2, -0.15) is 0 Å². The monoisotopic (exact) mass is 239 g/mol. The van der Waals surface area contributed by atoms with Gasteiger partial charge < -0.3 is 10.1 Å². The minimum absolute atomic E-state index is 0.0498. The van der Waals surface area contributed by atoms with Crippen LogP contribution in [0.25, 0.3) is 0 Å². The molecule has 0 heterocycles. The second-order valence-electron chi connectivity index (χ2n) is 6.44. The summed E-state index contributed by atoms with van der Waals surface area (Å²) in [4.78, 5) is 11.7. The molecule has 98 valence electrons. The zero-order valence-corrected chi connectivity index (χ0v) is 11.3. The van der Waals surface area contributed by atoms with E-state index in [-0.39, 0.29) is 12.0 Å². The van der Waals surface area contributed by atoms with Gasteiger partial charge in [-0.1, -0.05) is 13.8 Å². The van der Waals surface area contributed by atoms with E-state index in [9.17, 15) is 4.79 Å². The van der Waals surface area contributed by atoms with Crippen LogP contribution in [0.3, 0.4) is 0 Å². The maximum atomic E-state index is 11.7. The predicted molar refractivity (Wildman–Crippen MR) is 67.7 cm³/mol. The molecule has 2 aliphatic rings. The van der Waals surface area contributed by atoms with Gasteiger partial charge >= 0.3 is 5.97 Å². The first-order valence-corrected chi connectivity index (χ1v) is 6.86. The molecule has 0 radical (unpaired) electrons. The molecule has 2 saturated carbocycles. The fourth-order valence-electron chi connectivity index (χ4n) is 2.77. The first kappa shape index (κ1) is 12.9. The lowest BCUT2D eigenvalue weighted by molar-refractivity contribution is -0.144. The van der Waals surface area contributed by atoms with E-state index in [2.05, 4.69) is 19.2 Å². The molecule has 1 unspecified atom stereocenters. The van der Waals surface area contributed by atoms with E-state index in [0.29, 0.717) is 17.4 Å². The average Bonchev–Trinajstić information content (AvgIpc) is 3.11. The topological polar surface area (TPSA) is 38.3 Å². The molecule has 3 heteroatoms. The van der Waals surface area contributed by atoms with Crippen LogP contribution in [0.2, 0.25) is 0 Å². The Bertz CT molecular complexity index is 274. The highest BCUT2D eigenvalue weighted by molar-refractivity contribution is 5.76. The first-order valence-electron chi connectivity index (χ1n) is 6.86. The van der Waals surface area contributed by atoms with Gasteiger partial charge in [0.15, 0.2) is 0 Å². The molecule has 0 aromatic rings. The van der Waals surface area contributed by atoms with Crippen molar-refractivity contribution in [3.8, 4) is 0 Å². The van der Waals surface area contributed by atoms with E-state index in [1.165, 1.54) is 45.6 Å². The summed E-state index contributed by atoms with van der Waals surface area (Å²) in [7, 11) is 1.49. The van der Waals surface area contributed by atoms with Crippen LogP contribution in [0, 0.1) is 11.3 Å². The van der Waals surface area contributed by atoms with Crippen molar-refractivity contribution in [2.75, 3.05) is 7.11 Å². The van der Waals surface area contributed by atoms with Crippen LogP contribution in [0.15, 0.2) is 0 Å². The Morgan fingerprint density at radius 2 is 1.82 bits per heavy atom. The highest BCUT2D eigenvalue weighted by Gasteiger charge is 2.39. The summed E-state index contributed by atoms with van der Waals surface area (Å²) in [6.07, 6.45) is 7.23. The van der Waals surface area contributed by atoms with Crippen molar-refractivity contribution in [1.29, 1.82) is 0 Å². The van der Waals surface area contributed by atoms with Crippen LogP contribution in [0.4, 0.5) is 0 Å². The molecule has 17 heavy (non-hydrogen) atoms. The Morgan fingerprint density at radius 3 is 2.29 bits per heavy atom. The number of nitrogens with one attached hydrogen (secondary N) is 1. The number of carbonyl (C=O) groups excluding carboxylic acids is 1. The lowest BCUT2D eigenvalue weighted by atomic mass is 9.75. The molecule has 0 aliphatic heterocycles. The van der Waals surface area contributed by atoms with Gasteiger partial charge in [-0.25, -0.2) is 0 Å². The minimum atomic E-state index is -0.0719. The number of hydrogen-bond acceptors (Lipinski definition) is 3. The van der Waals surface area contributed by atoms with Gasteiger partial charge in [0.25, 0.3) is 0 Å². The number of esters is 1. The van der Waals surface area contributed by atoms with E-state index >= 15 is 0 Å².